The number of H-pyrrole nitrogens is 1. The zero-order valence-corrected chi connectivity index (χ0v) is 11.7. The average molecular weight is 280 g/mol. The quantitative estimate of drug-likeness (QED) is 0.718. The number of carbonyl (C=O) groups is 1. The van der Waals surface area contributed by atoms with E-state index in [1.807, 2.05) is 30.5 Å². The van der Waals surface area contributed by atoms with Gasteiger partial charge in [0.15, 0.2) is 0 Å². The van der Waals surface area contributed by atoms with Crippen LogP contribution < -0.4 is 5.32 Å². The number of para-hydroxylation sites is 1. The van der Waals surface area contributed by atoms with Crippen LogP contribution in [0.5, 0.6) is 0 Å². The van der Waals surface area contributed by atoms with Crippen molar-refractivity contribution < 1.29 is 9.53 Å². The minimum Gasteiger partial charge on any atom is -0.465 e. The van der Waals surface area contributed by atoms with Gasteiger partial charge >= 0.3 is 5.97 Å². The highest BCUT2D eigenvalue weighted by Crippen LogP contribution is 2.19. The third kappa shape index (κ3) is 2.74. The Labute approximate surface area is 122 Å². The van der Waals surface area contributed by atoms with Crippen molar-refractivity contribution in [1.29, 1.82) is 0 Å². The van der Waals surface area contributed by atoms with E-state index in [4.69, 9.17) is 0 Å². The van der Waals surface area contributed by atoms with E-state index in [1.165, 1.54) is 18.1 Å². The van der Waals surface area contributed by atoms with Gasteiger partial charge in [-0.25, -0.2) is 4.79 Å². The second kappa shape index (κ2) is 5.71. The number of fused-ring (bicyclic) bond motifs is 1. The first-order valence-electron chi connectivity index (χ1n) is 6.75. The van der Waals surface area contributed by atoms with E-state index in [2.05, 4.69) is 27.2 Å². The number of aromatic amines is 1. The molecular weight excluding hydrogens is 264 g/mol. The van der Waals surface area contributed by atoms with Crippen LogP contribution in [0.1, 0.15) is 15.9 Å². The monoisotopic (exact) mass is 280 g/mol. The summed E-state index contributed by atoms with van der Waals surface area (Å²) in [4.78, 5) is 14.6. The van der Waals surface area contributed by atoms with Crippen LogP contribution in [0, 0.1) is 0 Å². The summed E-state index contributed by atoms with van der Waals surface area (Å²) in [6, 6.07) is 15.5. The van der Waals surface area contributed by atoms with E-state index >= 15 is 0 Å². The predicted octanol–water partition coefficient (Wildman–Crippen LogP) is 3.57. The van der Waals surface area contributed by atoms with Gasteiger partial charge in [0.2, 0.25) is 0 Å². The molecule has 0 atom stereocenters. The van der Waals surface area contributed by atoms with Gasteiger partial charge in [0.05, 0.1) is 12.7 Å². The summed E-state index contributed by atoms with van der Waals surface area (Å²) in [5, 5.41) is 4.57. The van der Waals surface area contributed by atoms with Crippen LogP contribution in [0.2, 0.25) is 0 Å². The summed E-state index contributed by atoms with van der Waals surface area (Å²) in [6.07, 6.45) is 2.01. The molecule has 4 nitrogen and oxygen atoms in total. The van der Waals surface area contributed by atoms with Crippen LogP contribution in [0.15, 0.2) is 54.7 Å². The van der Waals surface area contributed by atoms with Crippen molar-refractivity contribution in [1.82, 2.24) is 4.98 Å². The van der Waals surface area contributed by atoms with Crippen molar-refractivity contribution in [3.63, 3.8) is 0 Å². The maximum absolute atomic E-state index is 11.4. The molecule has 106 valence electrons. The van der Waals surface area contributed by atoms with Gasteiger partial charge in [0.25, 0.3) is 0 Å². The number of benzene rings is 2. The third-order valence-corrected chi connectivity index (χ3v) is 3.46. The standard InChI is InChI=1S/C17H16N2O2/c1-21-17(20)12-6-8-14(9-7-12)18-10-13-11-19-16-5-3-2-4-15(13)16/h2-9,11,18-19H,10H2,1H3. The SMILES string of the molecule is COC(=O)c1ccc(NCc2c[nH]c3ccccc23)cc1. The summed E-state index contributed by atoms with van der Waals surface area (Å²) in [5.41, 5.74) is 3.86. The molecule has 0 saturated heterocycles. The van der Waals surface area contributed by atoms with Gasteiger partial charge in [-0.15, -0.1) is 0 Å². The fourth-order valence-corrected chi connectivity index (χ4v) is 2.32. The van der Waals surface area contributed by atoms with E-state index in [9.17, 15) is 4.79 Å². The molecule has 0 bridgehead atoms. The third-order valence-electron chi connectivity index (χ3n) is 3.46. The van der Waals surface area contributed by atoms with E-state index in [1.54, 1.807) is 12.1 Å². The van der Waals surface area contributed by atoms with E-state index < -0.39 is 0 Å². The summed E-state index contributed by atoms with van der Waals surface area (Å²) < 4.78 is 4.68. The van der Waals surface area contributed by atoms with Crippen LogP contribution in [0.3, 0.4) is 0 Å². The molecule has 0 spiro atoms. The van der Waals surface area contributed by atoms with Crippen LogP contribution in [0.25, 0.3) is 10.9 Å². The largest absolute Gasteiger partial charge is 0.465 e. The Bertz CT molecular complexity index is 760. The molecule has 0 fully saturated rings. The Morgan fingerprint density at radius 1 is 1.14 bits per heavy atom. The maximum Gasteiger partial charge on any atom is 0.337 e. The molecule has 3 rings (SSSR count). The second-order valence-corrected chi connectivity index (χ2v) is 4.78. The Morgan fingerprint density at radius 2 is 1.90 bits per heavy atom. The van der Waals surface area contributed by atoms with Gasteiger partial charge in [0.1, 0.15) is 0 Å². The molecule has 1 aromatic heterocycles. The first-order chi connectivity index (χ1) is 10.3. The van der Waals surface area contributed by atoms with Crippen LogP contribution in [-0.4, -0.2) is 18.1 Å². The maximum atomic E-state index is 11.4. The minimum absolute atomic E-state index is 0.321. The first-order valence-corrected chi connectivity index (χ1v) is 6.75. The molecule has 0 saturated carbocycles. The summed E-state index contributed by atoms with van der Waals surface area (Å²) in [6.45, 7) is 0.724. The minimum atomic E-state index is -0.321. The number of rotatable bonds is 4. The van der Waals surface area contributed by atoms with Gasteiger partial charge in [-0.2, -0.15) is 0 Å². The highest BCUT2D eigenvalue weighted by molar-refractivity contribution is 5.89. The molecule has 0 amide bonds. The van der Waals surface area contributed by atoms with E-state index in [0.29, 0.717) is 5.56 Å². The average Bonchev–Trinajstić information content (AvgIpc) is 2.96. The molecule has 2 N–H and O–H groups in total. The lowest BCUT2D eigenvalue weighted by Gasteiger charge is -2.06. The van der Waals surface area contributed by atoms with Gasteiger partial charge in [-0.3, -0.25) is 0 Å². The number of ether oxygens (including phenoxy) is 1. The smallest absolute Gasteiger partial charge is 0.337 e. The molecule has 4 heteroatoms. The molecular formula is C17H16N2O2. The summed E-state index contributed by atoms with van der Waals surface area (Å²) in [5.74, 6) is -0.321. The number of hydrogen-bond donors (Lipinski definition) is 2. The van der Waals surface area contributed by atoms with Crippen molar-refractivity contribution in [3.05, 3.63) is 65.9 Å². The number of carbonyl (C=O) groups excluding carboxylic acids is 1. The Morgan fingerprint density at radius 3 is 2.67 bits per heavy atom. The molecule has 2 aromatic carbocycles. The van der Waals surface area contributed by atoms with Crippen molar-refractivity contribution in [2.45, 2.75) is 6.54 Å². The second-order valence-electron chi connectivity index (χ2n) is 4.78. The molecule has 21 heavy (non-hydrogen) atoms. The summed E-state index contributed by atoms with van der Waals surface area (Å²) in [7, 11) is 1.38. The molecule has 0 radical (unpaired) electrons. The number of aromatic nitrogens is 1. The highest BCUT2D eigenvalue weighted by atomic mass is 16.5. The molecule has 0 unspecified atom stereocenters. The lowest BCUT2D eigenvalue weighted by atomic mass is 10.1. The molecule has 0 aliphatic rings. The van der Waals surface area contributed by atoms with Crippen molar-refractivity contribution >= 4 is 22.6 Å². The summed E-state index contributed by atoms with van der Waals surface area (Å²) >= 11 is 0. The first kappa shape index (κ1) is 13.2. The van der Waals surface area contributed by atoms with Crippen LogP contribution in [0.4, 0.5) is 5.69 Å². The fourth-order valence-electron chi connectivity index (χ4n) is 2.32. The van der Waals surface area contributed by atoms with Gasteiger partial charge < -0.3 is 15.0 Å². The van der Waals surface area contributed by atoms with Crippen molar-refractivity contribution in [2.24, 2.45) is 0 Å². The number of nitrogens with one attached hydrogen (secondary N) is 2. The van der Waals surface area contributed by atoms with Crippen LogP contribution >= 0.6 is 0 Å². The fraction of sp³-hybridized carbons (Fsp3) is 0.118. The lowest BCUT2D eigenvalue weighted by molar-refractivity contribution is 0.0601. The van der Waals surface area contributed by atoms with E-state index in [-0.39, 0.29) is 5.97 Å². The Balaban J connectivity index is 1.71. The zero-order valence-electron chi connectivity index (χ0n) is 11.7. The Hall–Kier alpha value is -2.75. The number of hydrogen-bond acceptors (Lipinski definition) is 3. The van der Waals surface area contributed by atoms with Crippen LogP contribution in [-0.2, 0) is 11.3 Å². The predicted molar refractivity (Wildman–Crippen MR) is 83.4 cm³/mol. The molecule has 1 heterocycles. The van der Waals surface area contributed by atoms with Gasteiger partial charge in [-0.1, -0.05) is 18.2 Å². The number of methoxy groups -OCH3 is 1. The number of esters is 1. The van der Waals surface area contributed by atoms with E-state index in [0.717, 1.165) is 17.7 Å². The van der Waals surface area contributed by atoms with Crippen molar-refractivity contribution in [2.75, 3.05) is 12.4 Å². The topological polar surface area (TPSA) is 54.1 Å². The van der Waals surface area contributed by atoms with Gasteiger partial charge in [-0.05, 0) is 35.9 Å². The molecule has 3 aromatic rings. The number of anilines is 1. The molecule has 0 aliphatic carbocycles. The molecule has 0 aliphatic heterocycles. The lowest BCUT2D eigenvalue weighted by Crippen LogP contribution is -2.02. The normalized spacial score (nSPS) is 10.5. The highest BCUT2D eigenvalue weighted by Gasteiger charge is 2.05. The van der Waals surface area contributed by atoms with Gasteiger partial charge in [0, 0.05) is 29.3 Å². The zero-order chi connectivity index (χ0) is 14.7. The van der Waals surface area contributed by atoms with Crippen molar-refractivity contribution in [3.8, 4) is 0 Å². The Kier molecular flexibility index (Phi) is 3.60.